The minimum absolute atomic E-state index is 0.00234. The van der Waals surface area contributed by atoms with Crippen LogP contribution in [0.4, 0.5) is 0 Å². The van der Waals surface area contributed by atoms with E-state index in [1.807, 2.05) is 48.7 Å². The maximum absolute atomic E-state index is 6.24. The summed E-state index contributed by atoms with van der Waals surface area (Å²) in [6.07, 6.45) is 2.83. The molecule has 2 atom stereocenters. The molecule has 4 rings (SSSR count). The first-order chi connectivity index (χ1) is 13.3. The summed E-state index contributed by atoms with van der Waals surface area (Å²) in [5.74, 6) is 0.907. The minimum Gasteiger partial charge on any atom is -0.452 e. The van der Waals surface area contributed by atoms with Crippen LogP contribution in [0.25, 0.3) is 0 Å². The lowest BCUT2D eigenvalue weighted by Crippen LogP contribution is -2.30. The van der Waals surface area contributed by atoms with Crippen molar-refractivity contribution in [3.8, 4) is 0 Å². The van der Waals surface area contributed by atoms with Crippen LogP contribution in [0.1, 0.15) is 36.9 Å². The Kier molecular flexibility index (Phi) is 5.45. The first-order valence-electron chi connectivity index (χ1n) is 9.07. The fourth-order valence-corrected chi connectivity index (χ4v) is 4.48. The Balaban J connectivity index is 1.64. The summed E-state index contributed by atoms with van der Waals surface area (Å²) < 4.78 is 6.24. The van der Waals surface area contributed by atoms with Gasteiger partial charge in [-0.3, -0.25) is 4.98 Å². The average Bonchev–Trinajstić information content (AvgIpc) is 3.28. The van der Waals surface area contributed by atoms with Crippen molar-refractivity contribution < 1.29 is 4.42 Å². The number of hydrogen-bond donors (Lipinski definition) is 1. The van der Waals surface area contributed by atoms with E-state index in [0.29, 0.717) is 0 Å². The van der Waals surface area contributed by atoms with Gasteiger partial charge in [-0.1, -0.05) is 43.0 Å². The van der Waals surface area contributed by atoms with Gasteiger partial charge in [0.25, 0.3) is 0 Å². The van der Waals surface area contributed by atoms with Crippen LogP contribution >= 0.6 is 24.0 Å². The second kappa shape index (κ2) is 8.15. The molecule has 3 aromatic rings. The van der Waals surface area contributed by atoms with Gasteiger partial charge in [0.15, 0.2) is 10.2 Å². The predicted molar refractivity (Wildman–Crippen MR) is 112 cm³/mol. The van der Waals surface area contributed by atoms with Gasteiger partial charge >= 0.3 is 0 Å². The van der Waals surface area contributed by atoms with Crippen molar-refractivity contribution in [3.63, 3.8) is 0 Å². The van der Waals surface area contributed by atoms with E-state index < -0.39 is 0 Å². The second-order valence-electron chi connectivity index (χ2n) is 6.39. The smallest absolute Gasteiger partial charge is 0.170 e. The molecule has 6 heteroatoms. The minimum atomic E-state index is -0.0222. The quantitative estimate of drug-likeness (QED) is 0.578. The average molecular weight is 396 g/mol. The van der Waals surface area contributed by atoms with Crippen LogP contribution in [0.5, 0.6) is 0 Å². The van der Waals surface area contributed by atoms with Gasteiger partial charge in [0, 0.05) is 17.6 Å². The van der Waals surface area contributed by atoms with E-state index in [9.17, 15) is 0 Å². The normalized spacial score (nSPS) is 19.3. The summed E-state index contributed by atoms with van der Waals surface area (Å²) in [5, 5.41) is 5.08. The van der Waals surface area contributed by atoms with Gasteiger partial charge in [0.2, 0.25) is 0 Å². The zero-order chi connectivity index (χ0) is 18.6. The van der Waals surface area contributed by atoms with Crippen molar-refractivity contribution in [1.82, 2.24) is 15.2 Å². The Labute approximate surface area is 169 Å². The third-order valence-electron chi connectivity index (χ3n) is 4.52. The maximum Gasteiger partial charge on any atom is 0.170 e. The van der Waals surface area contributed by atoms with Crippen molar-refractivity contribution in [1.29, 1.82) is 0 Å². The highest BCUT2D eigenvalue weighted by atomic mass is 32.2. The molecule has 1 saturated heterocycles. The number of furan rings is 1. The summed E-state index contributed by atoms with van der Waals surface area (Å²) in [6, 6.07) is 20.3. The van der Waals surface area contributed by atoms with Crippen molar-refractivity contribution in [2.24, 2.45) is 0 Å². The number of nitrogens with one attached hydrogen (secondary N) is 1. The molecule has 0 radical (unpaired) electrons. The summed E-state index contributed by atoms with van der Waals surface area (Å²) in [5.41, 5.74) is 0.970. The number of benzene rings is 1. The van der Waals surface area contributed by atoms with E-state index in [0.717, 1.165) is 39.5 Å². The Bertz CT molecular complexity index is 898. The van der Waals surface area contributed by atoms with E-state index in [2.05, 4.69) is 40.3 Å². The van der Waals surface area contributed by atoms with Gasteiger partial charge in [-0.05, 0) is 55.0 Å². The zero-order valence-electron chi connectivity index (χ0n) is 15.0. The van der Waals surface area contributed by atoms with E-state index in [-0.39, 0.29) is 12.1 Å². The molecular weight excluding hydrogens is 374 g/mol. The van der Waals surface area contributed by atoms with E-state index in [1.54, 1.807) is 11.8 Å². The predicted octanol–water partition coefficient (Wildman–Crippen LogP) is 5.21. The van der Waals surface area contributed by atoms with Gasteiger partial charge in [-0.25, -0.2) is 0 Å². The van der Waals surface area contributed by atoms with Crippen molar-refractivity contribution in [2.45, 2.75) is 35.4 Å². The zero-order valence-corrected chi connectivity index (χ0v) is 16.7. The van der Waals surface area contributed by atoms with Gasteiger partial charge in [-0.2, -0.15) is 0 Å². The highest BCUT2D eigenvalue weighted by Gasteiger charge is 2.41. The lowest BCUT2D eigenvalue weighted by molar-refractivity contribution is 0.260. The summed E-state index contributed by atoms with van der Waals surface area (Å²) >= 11 is 7.24. The molecule has 1 fully saturated rings. The van der Waals surface area contributed by atoms with Gasteiger partial charge in [0.1, 0.15) is 11.8 Å². The molecule has 0 saturated carbocycles. The third kappa shape index (κ3) is 3.87. The van der Waals surface area contributed by atoms with Gasteiger partial charge in [-0.15, -0.1) is 0 Å². The molecular formula is C21H21N3OS2. The third-order valence-corrected chi connectivity index (χ3v) is 5.80. The number of aromatic nitrogens is 1. The molecule has 0 aliphatic carbocycles. The fraction of sp³-hybridized carbons (Fsp3) is 0.238. The maximum atomic E-state index is 6.24. The standard InChI is InChI=1S/C21H21N3OS2/c1-2-14-24-20(19(23-21(24)26)16-10-6-7-13-22-16)17-11-12-18(25-17)27-15-8-4-3-5-9-15/h3-13,19-20H,2,14H2,1H3,(H,23,26)/t19-,20-/m1/s1. The number of nitrogens with zero attached hydrogens (tertiary/aromatic N) is 2. The van der Waals surface area contributed by atoms with Gasteiger partial charge in [0.05, 0.1) is 11.7 Å². The molecule has 4 nitrogen and oxygen atoms in total. The Morgan fingerprint density at radius 2 is 1.93 bits per heavy atom. The molecule has 1 N–H and O–H groups in total. The summed E-state index contributed by atoms with van der Waals surface area (Å²) in [4.78, 5) is 7.91. The first kappa shape index (κ1) is 18.1. The monoisotopic (exact) mass is 395 g/mol. The molecule has 1 aromatic carbocycles. The number of thiocarbonyl (C=S) groups is 1. The van der Waals surface area contributed by atoms with E-state index in [4.69, 9.17) is 16.6 Å². The molecule has 3 heterocycles. The van der Waals surface area contributed by atoms with Crippen LogP contribution < -0.4 is 5.32 Å². The largest absolute Gasteiger partial charge is 0.452 e. The van der Waals surface area contributed by atoms with Crippen LogP contribution in [-0.2, 0) is 0 Å². The number of rotatable bonds is 6. The molecule has 0 unspecified atom stereocenters. The van der Waals surface area contributed by atoms with E-state index in [1.165, 1.54) is 0 Å². The number of hydrogen-bond acceptors (Lipinski definition) is 4. The van der Waals surface area contributed by atoms with Crippen LogP contribution in [0, 0.1) is 0 Å². The molecule has 1 aliphatic heterocycles. The summed E-state index contributed by atoms with van der Waals surface area (Å²) in [6.45, 7) is 3.04. The Morgan fingerprint density at radius 1 is 1.11 bits per heavy atom. The van der Waals surface area contributed by atoms with Crippen LogP contribution in [0.15, 0.2) is 81.3 Å². The molecule has 0 bridgehead atoms. The van der Waals surface area contributed by atoms with Crippen molar-refractivity contribution >= 4 is 29.1 Å². The lowest BCUT2D eigenvalue weighted by Gasteiger charge is -2.25. The Hall–Kier alpha value is -2.31. The van der Waals surface area contributed by atoms with Crippen molar-refractivity contribution in [3.05, 3.63) is 78.3 Å². The highest BCUT2D eigenvalue weighted by Crippen LogP contribution is 2.41. The molecule has 138 valence electrons. The molecule has 2 aromatic heterocycles. The molecule has 1 aliphatic rings. The molecule has 0 amide bonds. The van der Waals surface area contributed by atoms with Crippen LogP contribution in [-0.4, -0.2) is 21.5 Å². The van der Waals surface area contributed by atoms with Gasteiger partial charge < -0.3 is 14.6 Å². The topological polar surface area (TPSA) is 41.3 Å². The lowest BCUT2D eigenvalue weighted by atomic mass is 10.0. The molecule has 27 heavy (non-hydrogen) atoms. The molecule has 0 spiro atoms. The summed E-state index contributed by atoms with van der Waals surface area (Å²) in [7, 11) is 0. The van der Waals surface area contributed by atoms with E-state index >= 15 is 0 Å². The first-order valence-corrected chi connectivity index (χ1v) is 10.3. The SMILES string of the molecule is CCCN1C(=S)N[C@H](c2ccccn2)[C@H]1c1ccc(Sc2ccccc2)o1. The fourth-order valence-electron chi connectivity index (χ4n) is 3.35. The van der Waals surface area contributed by atoms with Crippen molar-refractivity contribution in [2.75, 3.05) is 6.54 Å². The van der Waals surface area contributed by atoms with Crippen LogP contribution in [0.3, 0.4) is 0 Å². The highest BCUT2D eigenvalue weighted by molar-refractivity contribution is 7.99. The Morgan fingerprint density at radius 3 is 2.67 bits per heavy atom. The second-order valence-corrected chi connectivity index (χ2v) is 7.86. The van der Waals surface area contributed by atoms with Crippen LogP contribution in [0.2, 0.25) is 0 Å². The number of pyridine rings is 1.